The lowest BCUT2D eigenvalue weighted by molar-refractivity contribution is 0.105. The normalized spacial score (nSPS) is 18.2. The largest absolute Gasteiger partial charge is 0.459 e. The summed E-state index contributed by atoms with van der Waals surface area (Å²) in [4.78, 5) is 4.66. The second-order valence-electron chi connectivity index (χ2n) is 6.19. The molecule has 1 fully saturated rings. The van der Waals surface area contributed by atoms with Gasteiger partial charge in [0, 0.05) is 30.6 Å². The molecule has 1 unspecified atom stereocenters. The molecule has 2 N–H and O–H groups in total. The summed E-state index contributed by atoms with van der Waals surface area (Å²) >= 11 is 0. The first-order valence-corrected chi connectivity index (χ1v) is 8.88. The minimum Gasteiger partial charge on any atom is -0.459 e. The van der Waals surface area contributed by atoms with E-state index in [1.807, 2.05) is 18.2 Å². The third-order valence-corrected chi connectivity index (χ3v) is 4.45. The predicted octanol–water partition coefficient (Wildman–Crippen LogP) is 3.37. The van der Waals surface area contributed by atoms with Crippen molar-refractivity contribution in [1.82, 2.24) is 10.6 Å². The Balaban J connectivity index is 1.60. The molecule has 1 aromatic carbocycles. The maximum atomic E-state index is 5.93. The maximum Gasteiger partial charge on any atom is 0.191 e. The van der Waals surface area contributed by atoms with Gasteiger partial charge in [0.25, 0.3) is 0 Å². The monoisotopic (exact) mass is 329 g/mol. The third-order valence-electron chi connectivity index (χ3n) is 4.45. The minimum absolute atomic E-state index is 0.401. The van der Waals surface area contributed by atoms with Crippen molar-refractivity contribution in [1.29, 1.82) is 0 Å². The van der Waals surface area contributed by atoms with E-state index >= 15 is 0 Å². The Kier molecular flexibility index (Phi) is 5.75. The van der Waals surface area contributed by atoms with Gasteiger partial charge >= 0.3 is 0 Å². The molecule has 0 amide bonds. The summed E-state index contributed by atoms with van der Waals surface area (Å²) in [6.45, 7) is 7.32. The fourth-order valence-electron chi connectivity index (χ4n) is 3.09. The lowest BCUT2D eigenvalue weighted by Crippen LogP contribution is -2.38. The number of furan rings is 1. The molecule has 2 heterocycles. The van der Waals surface area contributed by atoms with Crippen molar-refractivity contribution in [2.24, 2.45) is 4.99 Å². The van der Waals surface area contributed by atoms with E-state index in [1.54, 1.807) is 0 Å². The van der Waals surface area contributed by atoms with E-state index in [0.717, 1.165) is 43.4 Å². The van der Waals surface area contributed by atoms with Crippen LogP contribution in [0.15, 0.2) is 33.7 Å². The third kappa shape index (κ3) is 4.09. The van der Waals surface area contributed by atoms with Gasteiger partial charge in [0.05, 0.1) is 6.10 Å². The van der Waals surface area contributed by atoms with Crippen molar-refractivity contribution < 1.29 is 9.15 Å². The van der Waals surface area contributed by atoms with E-state index in [9.17, 15) is 0 Å². The highest BCUT2D eigenvalue weighted by atomic mass is 16.5. The van der Waals surface area contributed by atoms with Crippen LogP contribution >= 0.6 is 0 Å². The fourth-order valence-corrected chi connectivity index (χ4v) is 3.09. The molecule has 24 heavy (non-hydrogen) atoms. The summed E-state index contributed by atoms with van der Waals surface area (Å²) in [5, 5.41) is 7.84. The number of hydrogen-bond acceptors (Lipinski definition) is 3. The molecule has 2 aromatic rings. The highest BCUT2D eigenvalue weighted by Crippen LogP contribution is 2.25. The second-order valence-corrected chi connectivity index (χ2v) is 6.19. The number of fused-ring (bicyclic) bond motifs is 1. The zero-order valence-corrected chi connectivity index (χ0v) is 14.6. The molecule has 1 aliphatic heterocycles. The van der Waals surface area contributed by atoms with E-state index in [1.165, 1.54) is 23.8 Å². The molecule has 0 spiro atoms. The van der Waals surface area contributed by atoms with E-state index < -0.39 is 0 Å². The van der Waals surface area contributed by atoms with Crippen LogP contribution in [0.4, 0.5) is 0 Å². The quantitative estimate of drug-likeness (QED) is 0.630. The predicted molar refractivity (Wildman–Crippen MR) is 97.4 cm³/mol. The smallest absolute Gasteiger partial charge is 0.191 e. The number of benzene rings is 1. The van der Waals surface area contributed by atoms with E-state index in [0.29, 0.717) is 12.6 Å². The number of hydrogen-bond donors (Lipinski definition) is 2. The Labute approximate surface area is 143 Å². The van der Waals surface area contributed by atoms with Gasteiger partial charge in [-0.3, -0.25) is 0 Å². The van der Waals surface area contributed by atoms with Crippen molar-refractivity contribution in [3.63, 3.8) is 0 Å². The van der Waals surface area contributed by atoms with Crippen molar-refractivity contribution >= 4 is 16.9 Å². The number of guanidine groups is 1. The molecular formula is C19H27N3O2. The molecule has 1 aliphatic rings. The van der Waals surface area contributed by atoms with Crippen LogP contribution in [0.5, 0.6) is 0 Å². The van der Waals surface area contributed by atoms with Crippen molar-refractivity contribution in [2.45, 2.75) is 45.8 Å². The van der Waals surface area contributed by atoms with Crippen LogP contribution in [0.2, 0.25) is 0 Å². The number of rotatable bonds is 6. The zero-order valence-electron chi connectivity index (χ0n) is 14.6. The molecule has 1 aromatic heterocycles. The molecule has 130 valence electrons. The topological polar surface area (TPSA) is 58.8 Å². The fraction of sp³-hybridized carbons (Fsp3) is 0.526. The van der Waals surface area contributed by atoms with Crippen LogP contribution in [0, 0.1) is 6.92 Å². The molecule has 0 radical (unpaired) electrons. The molecule has 0 aliphatic carbocycles. The maximum absolute atomic E-state index is 5.93. The van der Waals surface area contributed by atoms with Crippen LogP contribution < -0.4 is 10.6 Å². The lowest BCUT2D eigenvalue weighted by Gasteiger charge is -2.13. The summed E-state index contributed by atoms with van der Waals surface area (Å²) in [5.74, 6) is 1.75. The lowest BCUT2D eigenvalue weighted by atomic mass is 10.1. The van der Waals surface area contributed by atoms with Gasteiger partial charge < -0.3 is 19.8 Å². The number of para-hydroxylation sites is 1. The molecular weight excluding hydrogens is 302 g/mol. The average molecular weight is 329 g/mol. The molecule has 3 rings (SSSR count). The van der Waals surface area contributed by atoms with Gasteiger partial charge in [-0.05, 0) is 39.2 Å². The van der Waals surface area contributed by atoms with Crippen molar-refractivity contribution in [2.75, 3.05) is 19.7 Å². The first kappa shape index (κ1) is 16.8. The van der Waals surface area contributed by atoms with Crippen molar-refractivity contribution in [3.8, 4) is 0 Å². The van der Waals surface area contributed by atoms with Gasteiger partial charge in [-0.15, -0.1) is 0 Å². The summed E-state index contributed by atoms with van der Waals surface area (Å²) in [6, 6.07) is 8.12. The number of nitrogens with one attached hydrogen (secondary N) is 2. The number of ether oxygens (including phenoxy) is 1. The average Bonchev–Trinajstić information content (AvgIpc) is 3.21. The van der Waals surface area contributed by atoms with E-state index in [4.69, 9.17) is 9.15 Å². The number of nitrogens with zero attached hydrogens (tertiary/aromatic N) is 1. The summed E-state index contributed by atoms with van der Waals surface area (Å²) in [5.41, 5.74) is 2.10. The Morgan fingerprint density at radius 3 is 2.92 bits per heavy atom. The zero-order chi connectivity index (χ0) is 16.8. The Morgan fingerprint density at radius 1 is 1.29 bits per heavy atom. The van der Waals surface area contributed by atoms with Crippen LogP contribution in [0.3, 0.4) is 0 Å². The van der Waals surface area contributed by atoms with Gasteiger partial charge in [-0.25, -0.2) is 4.99 Å². The van der Waals surface area contributed by atoms with Crippen LogP contribution in [-0.2, 0) is 11.3 Å². The standard InChI is InChI=1S/C19H27N3O2/c1-3-20-19(21-11-10-15-7-6-12-23-15)22-13-18-14(2)16-8-4-5-9-17(16)24-18/h4-5,8-9,15H,3,6-7,10-13H2,1-2H3,(H2,20,21,22). The SMILES string of the molecule is CCNC(=NCc1oc2ccccc2c1C)NCCC1CCCO1. The number of aryl methyl sites for hydroxylation is 1. The van der Waals surface area contributed by atoms with Gasteiger partial charge in [0.2, 0.25) is 0 Å². The highest BCUT2D eigenvalue weighted by molar-refractivity contribution is 5.82. The Hall–Kier alpha value is -2.01. The van der Waals surface area contributed by atoms with Crippen LogP contribution in [-0.4, -0.2) is 31.8 Å². The van der Waals surface area contributed by atoms with Crippen molar-refractivity contribution in [3.05, 3.63) is 35.6 Å². The first-order chi connectivity index (χ1) is 11.8. The second kappa shape index (κ2) is 8.20. The van der Waals surface area contributed by atoms with Crippen LogP contribution in [0.25, 0.3) is 11.0 Å². The van der Waals surface area contributed by atoms with Gasteiger partial charge in [-0.2, -0.15) is 0 Å². The molecule has 5 nitrogen and oxygen atoms in total. The van der Waals surface area contributed by atoms with E-state index in [-0.39, 0.29) is 0 Å². The molecule has 1 atom stereocenters. The molecule has 1 saturated heterocycles. The molecule has 5 heteroatoms. The molecule has 0 saturated carbocycles. The Morgan fingerprint density at radius 2 is 2.17 bits per heavy atom. The van der Waals surface area contributed by atoms with Gasteiger partial charge in [0.15, 0.2) is 5.96 Å². The summed E-state index contributed by atoms with van der Waals surface area (Å²) < 4.78 is 11.6. The number of aliphatic imine (C=N–C) groups is 1. The first-order valence-electron chi connectivity index (χ1n) is 8.88. The van der Waals surface area contributed by atoms with Crippen LogP contribution in [0.1, 0.15) is 37.5 Å². The summed E-state index contributed by atoms with van der Waals surface area (Å²) in [7, 11) is 0. The minimum atomic E-state index is 0.401. The van der Waals surface area contributed by atoms with E-state index in [2.05, 4.69) is 35.5 Å². The summed E-state index contributed by atoms with van der Waals surface area (Å²) in [6.07, 6.45) is 3.78. The highest BCUT2D eigenvalue weighted by Gasteiger charge is 2.15. The Bertz CT molecular complexity index is 687. The van der Waals surface area contributed by atoms with Gasteiger partial charge in [0.1, 0.15) is 17.9 Å². The van der Waals surface area contributed by atoms with Gasteiger partial charge in [-0.1, -0.05) is 18.2 Å². The molecule has 0 bridgehead atoms.